The Balaban J connectivity index is 1.44. The number of hydrogen-bond donors (Lipinski definition) is 1. The molecule has 0 bridgehead atoms. The fourth-order valence-corrected chi connectivity index (χ4v) is 6.35. The monoisotopic (exact) mass is 637 g/mol. The summed E-state index contributed by atoms with van der Waals surface area (Å²) in [6.07, 6.45) is 0. The van der Waals surface area contributed by atoms with Gasteiger partial charge in [-0.05, 0) is 91.9 Å². The molecule has 0 atom stereocenters. The molecule has 0 fully saturated rings. The molecule has 0 radical (unpaired) electrons. The van der Waals surface area contributed by atoms with Gasteiger partial charge in [-0.2, -0.15) is 10.2 Å². The van der Waals surface area contributed by atoms with Gasteiger partial charge in [0.25, 0.3) is 10.0 Å². The number of rotatable bonds is 10. The van der Waals surface area contributed by atoms with Crippen LogP contribution < -0.4 is 14.2 Å². The van der Waals surface area contributed by atoms with Crippen molar-refractivity contribution in [1.82, 2.24) is 20.0 Å². The molecule has 0 unspecified atom stereocenters. The van der Waals surface area contributed by atoms with Crippen molar-refractivity contribution in [3.05, 3.63) is 108 Å². The van der Waals surface area contributed by atoms with Crippen LogP contribution in [0.2, 0.25) is 0 Å². The van der Waals surface area contributed by atoms with E-state index in [2.05, 4.69) is 20.0 Å². The number of hydrogen-bond acceptors (Lipinski definition) is 10. The Morgan fingerprint density at radius 1 is 0.756 bits per heavy atom. The average molecular weight is 638 g/mol. The number of anilines is 1. The number of benzene rings is 4. The van der Waals surface area contributed by atoms with Gasteiger partial charge in [0.05, 0.1) is 30.5 Å². The fraction of sp³-hybridized carbons (Fsp3) is 0.0938. The number of azo groups is 1. The summed E-state index contributed by atoms with van der Waals surface area (Å²) in [7, 11) is -0.621. The van der Waals surface area contributed by atoms with Crippen molar-refractivity contribution in [2.24, 2.45) is 10.2 Å². The molecule has 6 aromatic rings. The highest BCUT2D eigenvalue weighted by Crippen LogP contribution is 2.42. The predicted molar refractivity (Wildman–Crippen MR) is 174 cm³/mol. The van der Waals surface area contributed by atoms with Crippen molar-refractivity contribution >= 4 is 37.9 Å². The summed E-state index contributed by atoms with van der Waals surface area (Å²) >= 11 is 1.15. The highest BCUT2D eigenvalue weighted by molar-refractivity contribution is 7.93. The minimum Gasteiger partial charge on any atom is -0.497 e. The number of sulfonamides is 1. The van der Waals surface area contributed by atoms with Crippen LogP contribution >= 0.6 is 11.3 Å². The first-order valence-electron chi connectivity index (χ1n) is 13.7. The zero-order valence-electron chi connectivity index (χ0n) is 24.4. The summed E-state index contributed by atoms with van der Waals surface area (Å²) in [6.45, 7) is 1.75. The van der Waals surface area contributed by atoms with E-state index in [0.717, 1.165) is 28.2 Å². The van der Waals surface area contributed by atoms with E-state index in [9.17, 15) is 8.42 Å². The van der Waals surface area contributed by atoms with Gasteiger partial charge in [-0.3, -0.25) is 4.72 Å². The van der Waals surface area contributed by atoms with Gasteiger partial charge in [0.2, 0.25) is 5.13 Å². The van der Waals surface area contributed by atoms with E-state index in [-0.39, 0.29) is 10.0 Å². The first kappa shape index (κ1) is 29.7. The Hall–Kier alpha value is -5.40. The molecule has 0 saturated heterocycles. The zero-order valence-corrected chi connectivity index (χ0v) is 26.1. The van der Waals surface area contributed by atoms with Crippen LogP contribution in [-0.2, 0) is 10.0 Å². The lowest BCUT2D eigenvalue weighted by atomic mass is 10.1. The summed E-state index contributed by atoms with van der Waals surface area (Å²) in [6, 6.07) is 31.1. The van der Waals surface area contributed by atoms with Gasteiger partial charge in [-0.1, -0.05) is 29.5 Å². The maximum Gasteiger partial charge on any atom is 0.263 e. The third kappa shape index (κ3) is 6.44. The SMILES string of the molecule is COc1ccc(-c2nn(-c3ccccc3)c(-c3ccc(OC)cc3)c2N=Nc2ccc(S(=O)(=O)Nc3nnc(C)s3)cc2)cc1. The molecule has 0 aliphatic heterocycles. The Morgan fingerprint density at radius 3 is 1.96 bits per heavy atom. The fourth-order valence-electron chi connectivity index (χ4n) is 4.52. The van der Waals surface area contributed by atoms with Gasteiger partial charge in [-0.25, -0.2) is 13.1 Å². The first-order chi connectivity index (χ1) is 21.8. The van der Waals surface area contributed by atoms with Crippen LogP contribution in [0, 0.1) is 6.92 Å². The zero-order chi connectivity index (χ0) is 31.4. The standard InChI is InChI=1S/C32H27N7O4S2/c1-21-33-36-32(44-21)38-45(40,41)28-19-13-24(14-20-28)34-35-30-29(22-9-15-26(42-2)16-10-22)37-39(25-7-5-4-6-8-25)31(30)23-11-17-27(43-3)18-12-23/h4-20H,1-3H3,(H,36,38). The van der Waals surface area contributed by atoms with Crippen LogP contribution in [0.5, 0.6) is 11.5 Å². The normalized spacial score (nSPS) is 11.5. The minimum atomic E-state index is -3.86. The molecular formula is C32H27N7O4S2. The number of para-hydroxylation sites is 1. The Morgan fingerprint density at radius 2 is 1.38 bits per heavy atom. The first-order valence-corrected chi connectivity index (χ1v) is 16.0. The smallest absolute Gasteiger partial charge is 0.263 e. The highest BCUT2D eigenvalue weighted by atomic mass is 32.2. The van der Waals surface area contributed by atoms with Crippen LogP contribution in [0.25, 0.3) is 28.2 Å². The maximum atomic E-state index is 12.9. The van der Waals surface area contributed by atoms with E-state index in [1.54, 1.807) is 33.3 Å². The van der Waals surface area contributed by atoms with E-state index in [1.165, 1.54) is 12.1 Å². The van der Waals surface area contributed by atoms with Gasteiger partial charge < -0.3 is 9.47 Å². The van der Waals surface area contributed by atoms with E-state index >= 15 is 0 Å². The summed E-state index contributed by atoms with van der Waals surface area (Å²) < 4.78 is 40.8. The topological polar surface area (TPSA) is 133 Å². The van der Waals surface area contributed by atoms with Crippen LogP contribution in [0.15, 0.2) is 118 Å². The lowest BCUT2D eigenvalue weighted by Crippen LogP contribution is -2.12. The molecule has 226 valence electrons. The molecule has 11 nitrogen and oxygen atoms in total. The number of nitrogens with one attached hydrogen (secondary N) is 1. The molecule has 2 aromatic heterocycles. The van der Waals surface area contributed by atoms with Crippen LogP contribution in [0.4, 0.5) is 16.5 Å². The van der Waals surface area contributed by atoms with Crippen molar-refractivity contribution in [1.29, 1.82) is 0 Å². The largest absolute Gasteiger partial charge is 0.497 e. The average Bonchev–Trinajstić information content (AvgIpc) is 3.67. The third-order valence-electron chi connectivity index (χ3n) is 6.75. The highest BCUT2D eigenvalue weighted by Gasteiger charge is 2.23. The van der Waals surface area contributed by atoms with Crippen molar-refractivity contribution in [2.45, 2.75) is 11.8 Å². The van der Waals surface area contributed by atoms with Gasteiger partial charge in [0, 0.05) is 11.1 Å². The van der Waals surface area contributed by atoms with Crippen LogP contribution in [-0.4, -0.2) is 42.6 Å². The number of nitrogens with zero attached hydrogens (tertiary/aromatic N) is 6. The molecule has 0 aliphatic carbocycles. The number of methoxy groups -OCH3 is 2. The molecule has 0 amide bonds. The molecule has 0 aliphatic rings. The molecular weight excluding hydrogens is 611 g/mol. The van der Waals surface area contributed by atoms with E-state index < -0.39 is 10.0 Å². The Labute approximate surface area is 263 Å². The molecule has 6 rings (SSSR count). The summed E-state index contributed by atoms with van der Waals surface area (Å²) in [5.74, 6) is 1.43. The quantitative estimate of drug-likeness (QED) is 0.153. The van der Waals surface area contributed by atoms with E-state index in [1.807, 2.05) is 83.5 Å². The molecule has 13 heteroatoms. The third-order valence-corrected chi connectivity index (χ3v) is 8.99. The summed E-state index contributed by atoms with van der Waals surface area (Å²) in [5.41, 5.74) is 4.80. The van der Waals surface area contributed by atoms with Crippen molar-refractivity contribution in [3.63, 3.8) is 0 Å². The van der Waals surface area contributed by atoms with Crippen molar-refractivity contribution in [3.8, 4) is 39.7 Å². The van der Waals surface area contributed by atoms with Crippen molar-refractivity contribution < 1.29 is 17.9 Å². The predicted octanol–water partition coefficient (Wildman–Crippen LogP) is 7.60. The number of aryl methyl sites for hydroxylation is 1. The van der Waals surface area contributed by atoms with Gasteiger partial charge >= 0.3 is 0 Å². The molecule has 45 heavy (non-hydrogen) atoms. The van der Waals surface area contributed by atoms with Crippen LogP contribution in [0.1, 0.15) is 5.01 Å². The Bertz CT molecular complexity index is 2060. The van der Waals surface area contributed by atoms with Gasteiger partial charge in [0.1, 0.15) is 33.6 Å². The molecule has 0 saturated carbocycles. The van der Waals surface area contributed by atoms with E-state index in [0.29, 0.717) is 39.3 Å². The minimum absolute atomic E-state index is 0.0593. The molecule has 2 heterocycles. The maximum absolute atomic E-state index is 12.9. The summed E-state index contributed by atoms with van der Waals surface area (Å²) in [5, 5.41) is 22.8. The molecule has 0 spiro atoms. The number of ether oxygens (including phenoxy) is 2. The van der Waals surface area contributed by atoms with Crippen LogP contribution in [0.3, 0.4) is 0 Å². The summed E-state index contributed by atoms with van der Waals surface area (Å²) in [4.78, 5) is 0.0593. The second kappa shape index (κ2) is 12.7. The lowest BCUT2D eigenvalue weighted by Gasteiger charge is -2.09. The molecule has 4 aromatic carbocycles. The van der Waals surface area contributed by atoms with Gasteiger partial charge in [0.15, 0.2) is 0 Å². The second-order valence-corrected chi connectivity index (χ2v) is 12.5. The lowest BCUT2D eigenvalue weighted by molar-refractivity contribution is 0.414. The number of aromatic nitrogens is 4. The van der Waals surface area contributed by atoms with E-state index in [4.69, 9.17) is 19.7 Å². The Kier molecular flexibility index (Phi) is 8.36. The second-order valence-electron chi connectivity index (χ2n) is 9.68. The van der Waals surface area contributed by atoms with Crippen molar-refractivity contribution in [2.75, 3.05) is 18.9 Å². The van der Waals surface area contributed by atoms with Gasteiger partial charge in [-0.15, -0.1) is 15.3 Å². The molecule has 1 N–H and O–H groups in total.